The number of amides is 1. The molecule has 0 bridgehead atoms. The summed E-state index contributed by atoms with van der Waals surface area (Å²) in [7, 11) is 1.46. The van der Waals surface area contributed by atoms with Crippen LogP contribution in [0.1, 0.15) is 21.6 Å². The standard InChI is InChI=1S/C18H16F2N2O/c1-10-6-11(2)13-9-16(21-15(13)7-10)18(23)22(3)17-5-4-12(19)8-14(17)20/h4-9,21H,1-3H3. The molecule has 23 heavy (non-hydrogen) atoms. The van der Waals surface area contributed by atoms with Gasteiger partial charge in [0.25, 0.3) is 5.91 Å². The summed E-state index contributed by atoms with van der Waals surface area (Å²) in [4.78, 5) is 16.8. The minimum atomic E-state index is -0.774. The van der Waals surface area contributed by atoms with Gasteiger partial charge in [-0.3, -0.25) is 4.79 Å². The molecule has 0 aliphatic heterocycles. The third-order valence-electron chi connectivity index (χ3n) is 3.90. The molecule has 0 aliphatic rings. The highest BCUT2D eigenvalue weighted by molar-refractivity contribution is 6.07. The number of halogens is 2. The lowest BCUT2D eigenvalue weighted by atomic mass is 10.1. The maximum Gasteiger partial charge on any atom is 0.274 e. The molecular weight excluding hydrogens is 298 g/mol. The normalized spacial score (nSPS) is 11.0. The third-order valence-corrected chi connectivity index (χ3v) is 3.90. The number of anilines is 1. The smallest absolute Gasteiger partial charge is 0.274 e. The van der Waals surface area contributed by atoms with Crippen molar-refractivity contribution in [3.05, 3.63) is 64.9 Å². The Morgan fingerprint density at radius 1 is 1.09 bits per heavy atom. The van der Waals surface area contributed by atoms with Gasteiger partial charge in [-0.25, -0.2) is 8.78 Å². The number of nitrogens with zero attached hydrogens (tertiary/aromatic N) is 1. The number of H-pyrrole nitrogens is 1. The molecule has 5 heteroatoms. The van der Waals surface area contributed by atoms with Gasteiger partial charge < -0.3 is 9.88 Å². The summed E-state index contributed by atoms with van der Waals surface area (Å²) in [6.07, 6.45) is 0. The van der Waals surface area contributed by atoms with Crippen LogP contribution in [-0.2, 0) is 0 Å². The largest absolute Gasteiger partial charge is 0.350 e. The van der Waals surface area contributed by atoms with Crippen molar-refractivity contribution in [3.8, 4) is 0 Å². The van der Waals surface area contributed by atoms with E-state index in [1.807, 2.05) is 26.0 Å². The number of benzene rings is 2. The van der Waals surface area contributed by atoms with E-state index in [9.17, 15) is 13.6 Å². The summed E-state index contributed by atoms with van der Waals surface area (Å²) >= 11 is 0. The Hall–Kier alpha value is -2.69. The van der Waals surface area contributed by atoms with Crippen LogP contribution in [0.25, 0.3) is 10.9 Å². The molecule has 1 amide bonds. The average Bonchev–Trinajstić information content (AvgIpc) is 2.90. The lowest BCUT2D eigenvalue weighted by Crippen LogP contribution is -2.27. The molecule has 2 aromatic carbocycles. The molecule has 3 nitrogen and oxygen atoms in total. The van der Waals surface area contributed by atoms with E-state index in [4.69, 9.17) is 0 Å². The first-order valence-electron chi connectivity index (χ1n) is 7.20. The Morgan fingerprint density at radius 2 is 1.83 bits per heavy atom. The van der Waals surface area contributed by atoms with Gasteiger partial charge in [0.2, 0.25) is 0 Å². The third kappa shape index (κ3) is 2.70. The van der Waals surface area contributed by atoms with E-state index in [2.05, 4.69) is 4.98 Å². The fourth-order valence-electron chi connectivity index (χ4n) is 2.76. The molecule has 0 saturated carbocycles. The number of hydrogen-bond acceptors (Lipinski definition) is 1. The predicted molar refractivity (Wildman–Crippen MR) is 86.9 cm³/mol. The Morgan fingerprint density at radius 3 is 2.52 bits per heavy atom. The Labute approximate surface area is 132 Å². The Kier molecular flexibility index (Phi) is 3.64. The minimum Gasteiger partial charge on any atom is -0.350 e. The number of aromatic amines is 1. The summed E-state index contributed by atoms with van der Waals surface area (Å²) < 4.78 is 26.9. The lowest BCUT2D eigenvalue weighted by Gasteiger charge is -2.17. The van der Waals surface area contributed by atoms with E-state index in [1.165, 1.54) is 18.0 Å². The van der Waals surface area contributed by atoms with Crippen molar-refractivity contribution in [2.75, 3.05) is 11.9 Å². The zero-order valence-electron chi connectivity index (χ0n) is 13.1. The molecule has 0 fully saturated rings. The summed E-state index contributed by atoms with van der Waals surface area (Å²) in [5, 5.41) is 0.951. The molecule has 0 radical (unpaired) electrons. The molecular formula is C18H16F2N2O. The van der Waals surface area contributed by atoms with Gasteiger partial charge in [0.1, 0.15) is 17.3 Å². The highest BCUT2D eigenvalue weighted by atomic mass is 19.1. The van der Waals surface area contributed by atoms with Crippen molar-refractivity contribution >= 4 is 22.5 Å². The van der Waals surface area contributed by atoms with Gasteiger partial charge in [0.05, 0.1) is 5.69 Å². The van der Waals surface area contributed by atoms with Crippen LogP contribution in [0.2, 0.25) is 0 Å². The van der Waals surface area contributed by atoms with Gasteiger partial charge in [-0.05, 0) is 49.2 Å². The topological polar surface area (TPSA) is 36.1 Å². The fourth-order valence-corrected chi connectivity index (χ4v) is 2.76. The summed E-state index contributed by atoms with van der Waals surface area (Å²) in [6.45, 7) is 3.95. The monoisotopic (exact) mass is 314 g/mol. The van der Waals surface area contributed by atoms with Crippen LogP contribution in [0, 0.1) is 25.5 Å². The van der Waals surface area contributed by atoms with E-state index in [-0.39, 0.29) is 11.6 Å². The van der Waals surface area contributed by atoms with Gasteiger partial charge in [-0.2, -0.15) is 0 Å². The second-order valence-electron chi connectivity index (χ2n) is 5.69. The van der Waals surface area contributed by atoms with Crippen LogP contribution in [0.4, 0.5) is 14.5 Å². The minimum absolute atomic E-state index is 0.0305. The van der Waals surface area contributed by atoms with Crippen LogP contribution >= 0.6 is 0 Å². The number of nitrogens with one attached hydrogen (secondary N) is 1. The highest BCUT2D eigenvalue weighted by Crippen LogP contribution is 2.24. The van der Waals surface area contributed by atoms with Crippen molar-refractivity contribution in [3.63, 3.8) is 0 Å². The van der Waals surface area contributed by atoms with Crippen molar-refractivity contribution in [1.29, 1.82) is 0 Å². The predicted octanol–water partition coefficient (Wildman–Crippen LogP) is 4.34. The van der Waals surface area contributed by atoms with Crippen molar-refractivity contribution < 1.29 is 13.6 Å². The molecule has 1 heterocycles. The maximum atomic E-state index is 13.9. The van der Waals surface area contributed by atoms with E-state index < -0.39 is 11.6 Å². The number of rotatable bonds is 2. The number of aryl methyl sites for hydroxylation is 2. The molecule has 0 atom stereocenters. The molecule has 0 aliphatic carbocycles. The van der Waals surface area contributed by atoms with Crippen LogP contribution in [-0.4, -0.2) is 17.9 Å². The lowest BCUT2D eigenvalue weighted by molar-refractivity contribution is 0.0988. The first-order chi connectivity index (χ1) is 10.9. The summed E-state index contributed by atoms with van der Waals surface area (Å²) in [5.41, 5.74) is 3.40. The highest BCUT2D eigenvalue weighted by Gasteiger charge is 2.19. The second-order valence-corrected chi connectivity index (χ2v) is 5.69. The van der Waals surface area contributed by atoms with Gasteiger partial charge in [0.15, 0.2) is 0 Å². The Bertz CT molecular complexity index is 915. The van der Waals surface area contributed by atoms with Crippen molar-refractivity contribution in [2.45, 2.75) is 13.8 Å². The van der Waals surface area contributed by atoms with Gasteiger partial charge in [0, 0.05) is 24.0 Å². The second kappa shape index (κ2) is 5.50. The zero-order chi connectivity index (χ0) is 16.7. The zero-order valence-corrected chi connectivity index (χ0v) is 13.1. The first-order valence-corrected chi connectivity index (χ1v) is 7.20. The SMILES string of the molecule is Cc1cc(C)c2cc(C(=O)N(C)c3ccc(F)cc3F)[nH]c2c1. The fraction of sp³-hybridized carbons (Fsp3) is 0.167. The maximum absolute atomic E-state index is 13.9. The molecule has 118 valence electrons. The summed E-state index contributed by atoms with van der Waals surface area (Å²) in [6, 6.07) is 8.88. The van der Waals surface area contributed by atoms with Crippen LogP contribution in [0.3, 0.4) is 0 Å². The Balaban J connectivity index is 2.01. The molecule has 3 aromatic rings. The van der Waals surface area contributed by atoms with Gasteiger partial charge >= 0.3 is 0 Å². The van der Waals surface area contributed by atoms with Crippen molar-refractivity contribution in [2.24, 2.45) is 0 Å². The van der Waals surface area contributed by atoms with Crippen LogP contribution < -0.4 is 4.90 Å². The molecule has 0 spiro atoms. The number of aromatic nitrogens is 1. The van der Waals surface area contributed by atoms with E-state index >= 15 is 0 Å². The summed E-state index contributed by atoms with van der Waals surface area (Å²) in [5.74, 6) is -1.84. The molecule has 1 aromatic heterocycles. The van der Waals surface area contributed by atoms with Gasteiger partial charge in [-0.15, -0.1) is 0 Å². The average molecular weight is 314 g/mol. The van der Waals surface area contributed by atoms with Crippen LogP contribution in [0.5, 0.6) is 0 Å². The molecule has 0 saturated heterocycles. The van der Waals surface area contributed by atoms with Crippen molar-refractivity contribution in [1.82, 2.24) is 4.98 Å². The number of carbonyl (C=O) groups is 1. The molecule has 0 unspecified atom stereocenters. The van der Waals surface area contributed by atoms with E-state index in [1.54, 1.807) is 6.07 Å². The quantitative estimate of drug-likeness (QED) is 0.750. The number of carbonyl (C=O) groups excluding carboxylic acids is 1. The number of fused-ring (bicyclic) bond motifs is 1. The van der Waals surface area contributed by atoms with Crippen LogP contribution in [0.15, 0.2) is 36.4 Å². The van der Waals surface area contributed by atoms with Gasteiger partial charge in [-0.1, -0.05) is 6.07 Å². The first kappa shape index (κ1) is 15.2. The molecule has 1 N–H and O–H groups in total. The molecule has 3 rings (SSSR count). The van der Waals surface area contributed by atoms with E-state index in [0.29, 0.717) is 5.69 Å². The van der Waals surface area contributed by atoms with E-state index in [0.717, 1.165) is 34.2 Å². The number of hydrogen-bond donors (Lipinski definition) is 1.